The van der Waals surface area contributed by atoms with E-state index in [0.29, 0.717) is 13.1 Å². The molecule has 0 spiro atoms. The molecule has 1 amide bonds. The van der Waals surface area contributed by atoms with Crippen molar-refractivity contribution < 1.29 is 9.53 Å². The molecule has 4 nitrogen and oxygen atoms in total. The van der Waals surface area contributed by atoms with Crippen molar-refractivity contribution in [1.82, 2.24) is 0 Å². The molecule has 4 heteroatoms. The van der Waals surface area contributed by atoms with Crippen molar-refractivity contribution in [2.75, 3.05) is 24.6 Å². The van der Waals surface area contributed by atoms with Crippen LogP contribution >= 0.6 is 0 Å². The van der Waals surface area contributed by atoms with Crippen molar-refractivity contribution in [3.05, 3.63) is 29.8 Å². The van der Waals surface area contributed by atoms with Gasteiger partial charge >= 0.3 is 0 Å². The van der Waals surface area contributed by atoms with Gasteiger partial charge in [0.05, 0.1) is 12.1 Å². The van der Waals surface area contributed by atoms with Gasteiger partial charge in [0.15, 0.2) is 0 Å². The molecule has 0 aliphatic carbocycles. The Labute approximate surface area is 101 Å². The van der Waals surface area contributed by atoms with Crippen LogP contribution in [0.3, 0.4) is 0 Å². The summed E-state index contributed by atoms with van der Waals surface area (Å²) in [6.07, 6.45) is 0. The third-order valence-electron chi connectivity index (χ3n) is 3.18. The van der Waals surface area contributed by atoms with Gasteiger partial charge in [0, 0.05) is 12.2 Å². The van der Waals surface area contributed by atoms with E-state index in [1.807, 2.05) is 38.1 Å². The molecule has 0 radical (unpaired) electrons. The van der Waals surface area contributed by atoms with Gasteiger partial charge in [0.25, 0.3) is 5.91 Å². The first kappa shape index (κ1) is 12.1. The molecule has 1 aliphatic heterocycles. The van der Waals surface area contributed by atoms with Gasteiger partial charge in [-0.25, -0.2) is 0 Å². The highest BCUT2D eigenvalue weighted by molar-refractivity contribution is 5.95. The summed E-state index contributed by atoms with van der Waals surface area (Å²) in [6.45, 7) is 4.94. The minimum absolute atomic E-state index is 0.00905. The molecule has 1 aromatic carbocycles. The number of nitrogens with two attached hydrogens (primary N) is 1. The molecule has 1 atom stereocenters. The maximum Gasteiger partial charge on any atom is 0.253 e. The Morgan fingerprint density at radius 1 is 1.47 bits per heavy atom. The summed E-state index contributed by atoms with van der Waals surface area (Å²) >= 11 is 0. The minimum atomic E-state index is -0.448. The molecule has 0 aromatic heterocycles. The van der Waals surface area contributed by atoms with E-state index in [1.54, 1.807) is 4.90 Å². The lowest BCUT2D eigenvalue weighted by Crippen LogP contribution is -2.56. The lowest BCUT2D eigenvalue weighted by Gasteiger charge is -2.39. The van der Waals surface area contributed by atoms with Crippen LogP contribution in [0.2, 0.25) is 0 Å². The number of carbonyl (C=O) groups excluding carboxylic acids is 1. The van der Waals surface area contributed by atoms with Crippen LogP contribution in [-0.2, 0) is 9.53 Å². The molecule has 1 saturated heterocycles. The first-order valence-electron chi connectivity index (χ1n) is 5.76. The van der Waals surface area contributed by atoms with Crippen molar-refractivity contribution in [3.8, 4) is 0 Å². The number of aryl methyl sites for hydroxylation is 1. The average molecular weight is 234 g/mol. The number of morpholine rings is 1. The van der Waals surface area contributed by atoms with E-state index in [1.165, 1.54) is 0 Å². The number of para-hydroxylation sites is 1. The van der Waals surface area contributed by atoms with Crippen LogP contribution in [-0.4, -0.2) is 31.2 Å². The molecular formula is C13H18N2O2. The number of benzene rings is 1. The molecule has 1 heterocycles. The summed E-state index contributed by atoms with van der Waals surface area (Å²) in [7, 11) is 0. The van der Waals surface area contributed by atoms with Crippen LogP contribution in [0.1, 0.15) is 12.5 Å². The number of hydrogen-bond donors (Lipinski definition) is 1. The van der Waals surface area contributed by atoms with Crippen molar-refractivity contribution in [1.29, 1.82) is 0 Å². The minimum Gasteiger partial charge on any atom is -0.362 e. The lowest BCUT2D eigenvalue weighted by molar-refractivity contribution is -0.135. The van der Waals surface area contributed by atoms with Crippen molar-refractivity contribution >= 4 is 11.6 Å². The van der Waals surface area contributed by atoms with Crippen LogP contribution < -0.4 is 10.6 Å². The van der Waals surface area contributed by atoms with E-state index in [-0.39, 0.29) is 12.5 Å². The number of hydrogen-bond acceptors (Lipinski definition) is 3. The normalized spacial score (nSPS) is 25.1. The fraction of sp³-hybridized carbons (Fsp3) is 0.462. The van der Waals surface area contributed by atoms with Gasteiger partial charge in [-0.1, -0.05) is 18.2 Å². The molecule has 1 aliphatic rings. The third kappa shape index (κ3) is 2.33. The largest absolute Gasteiger partial charge is 0.362 e. The molecule has 1 unspecified atom stereocenters. The summed E-state index contributed by atoms with van der Waals surface area (Å²) in [5.41, 5.74) is 7.28. The molecule has 92 valence electrons. The first-order valence-corrected chi connectivity index (χ1v) is 5.76. The fourth-order valence-electron chi connectivity index (χ4n) is 1.99. The third-order valence-corrected chi connectivity index (χ3v) is 3.18. The van der Waals surface area contributed by atoms with Crippen LogP contribution in [0.25, 0.3) is 0 Å². The van der Waals surface area contributed by atoms with Crippen LogP contribution in [0, 0.1) is 6.92 Å². The smallest absolute Gasteiger partial charge is 0.253 e. The molecular weight excluding hydrogens is 216 g/mol. The summed E-state index contributed by atoms with van der Waals surface area (Å²) in [4.78, 5) is 13.7. The molecule has 17 heavy (non-hydrogen) atoms. The van der Waals surface area contributed by atoms with Crippen molar-refractivity contribution in [3.63, 3.8) is 0 Å². The molecule has 0 saturated carbocycles. The highest BCUT2D eigenvalue weighted by Crippen LogP contribution is 2.26. The summed E-state index contributed by atoms with van der Waals surface area (Å²) in [5.74, 6) is -0.00905. The Hall–Kier alpha value is -1.39. The van der Waals surface area contributed by atoms with Crippen LogP contribution in [0.4, 0.5) is 5.69 Å². The number of ether oxygens (including phenoxy) is 1. The number of carbonyl (C=O) groups is 1. The van der Waals surface area contributed by atoms with Crippen LogP contribution in [0.5, 0.6) is 0 Å². The number of nitrogens with zero attached hydrogens (tertiary/aromatic N) is 1. The number of amides is 1. The first-order chi connectivity index (χ1) is 8.06. The van der Waals surface area contributed by atoms with E-state index in [4.69, 9.17) is 10.5 Å². The summed E-state index contributed by atoms with van der Waals surface area (Å²) < 4.78 is 5.50. The van der Waals surface area contributed by atoms with Gasteiger partial charge in [-0.3, -0.25) is 4.79 Å². The fourth-order valence-corrected chi connectivity index (χ4v) is 1.99. The Bertz CT molecular complexity index is 433. The summed E-state index contributed by atoms with van der Waals surface area (Å²) in [6, 6.07) is 7.85. The SMILES string of the molecule is Cc1ccccc1N1CC(C)(CN)OCC1=O. The van der Waals surface area contributed by atoms with Crippen LogP contribution in [0.15, 0.2) is 24.3 Å². The topological polar surface area (TPSA) is 55.6 Å². The Kier molecular flexibility index (Phi) is 3.17. The highest BCUT2D eigenvalue weighted by Gasteiger charge is 2.35. The second kappa shape index (κ2) is 4.47. The zero-order valence-electron chi connectivity index (χ0n) is 10.3. The quantitative estimate of drug-likeness (QED) is 0.833. The molecule has 1 aromatic rings. The monoisotopic (exact) mass is 234 g/mol. The standard InChI is InChI=1S/C13H18N2O2/c1-10-5-3-4-6-11(10)15-9-13(2,8-14)17-7-12(15)16/h3-6H,7-9,14H2,1-2H3. The van der Waals surface area contributed by atoms with Gasteiger partial charge in [-0.05, 0) is 25.5 Å². The zero-order valence-corrected chi connectivity index (χ0v) is 10.3. The average Bonchev–Trinajstić information content (AvgIpc) is 2.34. The maximum absolute atomic E-state index is 11.9. The van der Waals surface area contributed by atoms with Crippen molar-refractivity contribution in [2.24, 2.45) is 5.73 Å². The van der Waals surface area contributed by atoms with Gasteiger partial charge < -0.3 is 15.4 Å². The predicted octanol–water partition coefficient (Wildman–Crippen LogP) is 1.08. The van der Waals surface area contributed by atoms with Gasteiger partial charge in [0.2, 0.25) is 0 Å². The van der Waals surface area contributed by atoms with Gasteiger partial charge in [-0.15, -0.1) is 0 Å². The van der Waals surface area contributed by atoms with E-state index < -0.39 is 5.60 Å². The molecule has 2 N–H and O–H groups in total. The van der Waals surface area contributed by atoms with E-state index in [9.17, 15) is 4.79 Å². The molecule has 0 bridgehead atoms. The number of anilines is 1. The lowest BCUT2D eigenvalue weighted by atomic mass is 10.0. The molecule has 2 rings (SSSR count). The predicted molar refractivity (Wildman–Crippen MR) is 66.9 cm³/mol. The van der Waals surface area contributed by atoms with E-state index in [0.717, 1.165) is 11.3 Å². The summed E-state index contributed by atoms with van der Waals surface area (Å²) in [5, 5.41) is 0. The van der Waals surface area contributed by atoms with Gasteiger partial charge in [-0.2, -0.15) is 0 Å². The highest BCUT2D eigenvalue weighted by atomic mass is 16.5. The van der Waals surface area contributed by atoms with E-state index in [2.05, 4.69) is 0 Å². The Balaban J connectivity index is 2.30. The number of rotatable bonds is 2. The Morgan fingerprint density at radius 2 is 2.18 bits per heavy atom. The van der Waals surface area contributed by atoms with Gasteiger partial charge in [0.1, 0.15) is 6.61 Å². The zero-order chi connectivity index (χ0) is 12.5. The Morgan fingerprint density at radius 3 is 2.82 bits per heavy atom. The van der Waals surface area contributed by atoms with Crippen molar-refractivity contribution in [2.45, 2.75) is 19.4 Å². The molecule has 1 fully saturated rings. The second-order valence-electron chi connectivity index (χ2n) is 4.71. The maximum atomic E-state index is 11.9. The van der Waals surface area contributed by atoms with E-state index >= 15 is 0 Å². The second-order valence-corrected chi connectivity index (χ2v) is 4.71.